The van der Waals surface area contributed by atoms with Gasteiger partial charge in [0.1, 0.15) is 5.69 Å². The topological polar surface area (TPSA) is 84.2 Å². The van der Waals surface area contributed by atoms with Crippen molar-refractivity contribution in [3.05, 3.63) is 42.4 Å². The Balaban J connectivity index is 1.38. The van der Waals surface area contributed by atoms with Gasteiger partial charge >= 0.3 is 0 Å². The Hall–Kier alpha value is -2.96. The van der Waals surface area contributed by atoms with E-state index in [1.165, 1.54) is 0 Å². The fraction of sp³-hybridized carbons (Fsp3) is 0.368. The van der Waals surface area contributed by atoms with Crippen LogP contribution in [-0.2, 0) is 11.2 Å². The van der Waals surface area contributed by atoms with Crippen LogP contribution >= 0.6 is 0 Å². The van der Waals surface area contributed by atoms with Crippen molar-refractivity contribution in [1.82, 2.24) is 15.1 Å². The Labute approximate surface area is 151 Å². The summed E-state index contributed by atoms with van der Waals surface area (Å²) in [6, 6.07) is 7.50. The lowest BCUT2D eigenvalue weighted by Gasteiger charge is -2.30. The van der Waals surface area contributed by atoms with Crippen LogP contribution in [0.5, 0.6) is 0 Å². The Morgan fingerprint density at radius 1 is 1.23 bits per heavy atom. The molecule has 0 spiro atoms. The number of carbonyl (C=O) groups excluding carboxylic acids is 1. The van der Waals surface area contributed by atoms with Crippen molar-refractivity contribution >= 4 is 28.5 Å². The Morgan fingerprint density at radius 2 is 1.96 bits per heavy atom. The molecule has 1 fully saturated rings. The monoisotopic (exact) mass is 351 g/mol. The number of piperidine rings is 1. The van der Waals surface area contributed by atoms with Gasteiger partial charge in [0.05, 0.1) is 24.5 Å². The largest absolute Gasteiger partial charge is 0.356 e. The smallest absolute Gasteiger partial charge is 0.230 e. The molecular formula is C19H21N5O2. The summed E-state index contributed by atoms with van der Waals surface area (Å²) in [5, 5.41) is 7.66. The van der Waals surface area contributed by atoms with Crippen molar-refractivity contribution in [2.45, 2.75) is 26.2 Å². The van der Waals surface area contributed by atoms with Crippen molar-refractivity contribution in [3.8, 4) is 0 Å². The molecule has 0 unspecified atom stereocenters. The third kappa shape index (κ3) is 3.51. The van der Waals surface area contributed by atoms with Crippen LogP contribution in [0.3, 0.4) is 0 Å². The SMILES string of the molecule is CC1CCN(c2ncc(NC(=O)Cc3noc4ccccc34)cn2)CC1. The zero-order valence-electron chi connectivity index (χ0n) is 14.7. The van der Waals surface area contributed by atoms with Gasteiger partial charge in [-0.05, 0) is 30.9 Å². The molecule has 26 heavy (non-hydrogen) atoms. The molecule has 1 amide bonds. The summed E-state index contributed by atoms with van der Waals surface area (Å²) in [5.41, 5.74) is 1.88. The molecule has 0 aliphatic carbocycles. The number of amides is 1. The molecular weight excluding hydrogens is 330 g/mol. The average Bonchev–Trinajstić information content (AvgIpc) is 3.06. The fourth-order valence-electron chi connectivity index (χ4n) is 3.18. The first-order chi connectivity index (χ1) is 12.7. The van der Waals surface area contributed by atoms with Crippen LogP contribution in [0.15, 0.2) is 41.2 Å². The van der Waals surface area contributed by atoms with Crippen molar-refractivity contribution in [1.29, 1.82) is 0 Å². The van der Waals surface area contributed by atoms with Crippen molar-refractivity contribution in [3.63, 3.8) is 0 Å². The summed E-state index contributed by atoms with van der Waals surface area (Å²) in [4.78, 5) is 23.3. The van der Waals surface area contributed by atoms with E-state index in [0.29, 0.717) is 17.0 Å². The van der Waals surface area contributed by atoms with Crippen LogP contribution in [0, 0.1) is 5.92 Å². The third-order valence-electron chi connectivity index (χ3n) is 4.77. The number of aromatic nitrogens is 3. The first-order valence-corrected chi connectivity index (χ1v) is 8.89. The van der Waals surface area contributed by atoms with E-state index in [-0.39, 0.29) is 12.3 Å². The van der Waals surface area contributed by atoms with Crippen LogP contribution in [0.25, 0.3) is 11.0 Å². The molecule has 1 saturated heterocycles. The highest BCUT2D eigenvalue weighted by molar-refractivity contribution is 5.94. The molecule has 0 bridgehead atoms. The Bertz CT molecular complexity index is 898. The molecule has 3 aromatic rings. The highest BCUT2D eigenvalue weighted by atomic mass is 16.5. The van der Waals surface area contributed by atoms with Gasteiger partial charge in [-0.25, -0.2) is 9.97 Å². The Morgan fingerprint density at radius 3 is 2.73 bits per heavy atom. The molecule has 1 aliphatic heterocycles. The van der Waals surface area contributed by atoms with Gasteiger partial charge in [-0.1, -0.05) is 24.2 Å². The van der Waals surface area contributed by atoms with Crippen LogP contribution in [0.2, 0.25) is 0 Å². The number of rotatable bonds is 4. The van der Waals surface area contributed by atoms with E-state index in [2.05, 4.69) is 32.3 Å². The van der Waals surface area contributed by atoms with Gasteiger partial charge in [0, 0.05) is 18.5 Å². The predicted octanol–water partition coefficient (Wildman–Crippen LogP) is 3.04. The van der Waals surface area contributed by atoms with Crippen LogP contribution in [-0.4, -0.2) is 34.1 Å². The lowest BCUT2D eigenvalue weighted by Crippen LogP contribution is -2.34. The summed E-state index contributed by atoms with van der Waals surface area (Å²) < 4.78 is 5.23. The maximum atomic E-state index is 12.3. The molecule has 7 nitrogen and oxygen atoms in total. The molecule has 0 atom stereocenters. The Kier molecular flexibility index (Phi) is 4.51. The molecule has 1 aromatic carbocycles. The number of nitrogens with zero attached hydrogens (tertiary/aromatic N) is 4. The van der Waals surface area contributed by atoms with E-state index in [0.717, 1.165) is 43.2 Å². The second kappa shape index (κ2) is 7.11. The number of nitrogens with one attached hydrogen (secondary N) is 1. The maximum absolute atomic E-state index is 12.3. The van der Waals surface area contributed by atoms with Crippen LogP contribution < -0.4 is 10.2 Å². The number of hydrogen-bond donors (Lipinski definition) is 1. The van der Waals surface area contributed by atoms with Crippen LogP contribution in [0.4, 0.5) is 11.6 Å². The standard InChI is InChI=1S/C19H21N5O2/c1-13-6-8-24(9-7-13)19-20-11-14(12-21-19)22-18(25)10-16-15-4-2-3-5-17(15)26-23-16/h2-5,11-13H,6-10H2,1H3,(H,22,25). The van der Waals surface area contributed by atoms with E-state index < -0.39 is 0 Å². The van der Waals surface area contributed by atoms with E-state index in [1.54, 1.807) is 12.4 Å². The molecule has 0 saturated carbocycles. The second-order valence-electron chi connectivity index (χ2n) is 6.79. The lowest BCUT2D eigenvalue weighted by atomic mass is 10.00. The van der Waals surface area contributed by atoms with Crippen LogP contribution in [0.1, 0.15) is 25.5 Å². The van der Waals surface area contributed by atoms with E-state index in [4.69, 9.17) is 4.52 Å². The molecule has 0 radical (unpaired) electrons. The number of para-hydroxylation sites is 1. The molecule has 3 heterocycles. The van der Waals surface area contributed by atoms with Gasteiger partial charge < -0.3 is 14.7 Å². The zero-order chi connectivity index (χ0) is 17.9. The van der Waals surface area contributed by atoms with Gasteiger partial charge in [0.15, 0.2) is 5.58 Å². The minimum absolute atomic E-state index is 0.142. The summed E-state index contributed by atoms with van der Waals surface area (Å²) in [5.74, 6) is 1.31. The molecule has 134 valence electrons. The number of anilines is 2. The molecule has 1 aliphatic rings. The first-order valence-electron chi connectivity index (χ1n) is 8.89. The van der Waals surface area contributed by atoms with Gasteiger partial charge in [-0.15, -0.1) is 0 Å². The highest BCUT2D eigenvalue weighted by Crippen LogP contribution is 2.21. The fourth-order valence-corrected chi connectivity index (χ4v) is 3.18. The summed E-state index contributed by atoms with van der Waals surface area (Å²) in [7, 11) is 0. The van der Waals surface area contributed by atoms with Gasteiger partial charge in [-0.2, -0.15) is 0 Å². The van der Waals surface area contributed by atoms with E-state index in [9.17, 15) is 4.79 Å². The van der Waals surface area contributed by atoms with Crippen molar-refractivity contribution < 1.29 is 9.32 Å². The molecule has 2 aromatic heterocycles. The summed E-state index contributed by atoms with van der Waals surface area (Å²) >= 11 is 0. The minimum atomic E-state index is -0.174. The predicted molar refractivity (Wildman–Crippen MR) is 99.0 cm³/mol. The second-order valence-corrected chi connectivity index (χ2v) is 6.79. The van der Waals surface area contributed by atoms with E-state index >= 15 is 0 Å². The average molecular weight is 351 g/mol. The number of carbonyl (C=O) groups is 1. The van der Waals surface area contributed by atoms with Gasteiger partial charge in [0.2, 0.25) is 11.9 Å². The van der Waals surface area contributed by atoms with E-state index in [1.807, 2.05) is 24.3 Å². The lowest BCUT2D eigenvalue weighted by molar-refractivity contribution is -0.115. The zero-order valence-corrected chi connectivity index (χ0v) is 14.7. The van der Waals surface area contributed by atoms with Crippen molar-refractivity contribution in [2.24, 2.45) is 5.92 Å². The number of hydrogen-bond acceptors (Lipinski definition) is 6. The number of fused-ring (bicyclic) bond motifs is 1. The normalized spacial score (nSPS) is 15.3. The molecule has 4 rings (SSSR count). The molecule has 7 heteroatoms. The van der Waals surface area contributed by atoms with Gasteiger partial charge in [-0.3, -0.25) is 4.79 Å². The third-order valence-corrected chi connectivity index (χ3v) is 4.77. The quantitative estimate of drug-likeness (QED) is 0.778. The number of benzene rings is 1. The van der Waals surface area contributed by atoms with Crippen molar-refractivity contribution in [2.75, 3.05) is 23.3 Å². The highest BCUT2D eigenvalue weighted by Gasteiger charge is 2.18. The minimum Gasteiger partial charge on any atom is -0.356 e. The summed E-state index contributed by atoms with van der Waals surface area (Å²) in [6.45, 7) is 4.23. The maximum Gasteiger partial charge on any atom is 0.230 e. The van der Waals surface area contributed by atoms with Gasteiger partial charge in [0.25, 0.3) is 0 Å². The first kappa shape index (κ1) is 16.5. The molecule has 1 N–H and O–H groups in total. The summed E-state index contributed by atoms with van der Waals surface area (Å²) in [6.07, 6.45) is 5.77.